The zero-order valence-corrected chi connectivity index (χ0v) is 33.7. The molecule has 0 bridgehead atoms. The van der Waals surface area contributed by atoms with E-state index in [2.05, 4.69) is 78.3 Å². The first kappa shape index (κ1) is 47.9. The molecule has 0 spiro atoms. The van der Waals surface area contributed by atoms with E-state index in [1.807, 2.05) is 7.05 Å². The largest absolute Gasteiger partial charge is 0.338 e. The van der Waals surface area contributed by atoms with Crippen molar-refractivity contribution in [3.8, 4) is 0 Å². The summed E-state index contributed by atoms with van der Waals surface area (Å²) in [7, 11) is 4.05. The first-order chi connectivity index (χ1) is 27.7. The highest BCUT2D eigenvalue weighted by Crippen LogP contribution is 1.99. The van der Waals surface area contributed by atoms with Crippen molar-refractivity contribution in [2.24, 2.45) is 11.5 Å². The second kappa shape index (κ2) is 26.5. The van der Waals surface area contributed by atoms with Crippen LogP contribution in [0.25, 0.3) is 0 Å². The lowest BCUT2D eigenvalue weighted by Gasteiger charge is -2.17. The standard InChI is InChI=1S/C19H29N9O4.C9H9N5O2.C7H19N3/c1-12-10-14(29)24-16(22-12)26-18(31)20-6-4-8-28(3)9-5-7-21-19(32)27-17-23-13(2)11-15(30)25-17;1-6-4-7(15)12-8(11-6)13-9(16)14-3-2-10-5-14;1-10(6-2-4-8)7-3-5-9/h10-11H,4-9H2,1-3H3,(H3,20,22,24,26,29,31)(H3,21,23,25,27,30,32);2-5H,1H3,(H2,11,12,13,15,16);2-9H2,1H3. The lowest BCUT2D eigenvalue weighted by atomic mass is 10.3. The maximum absolute atomic E-state index is 11.9. The molecule has 4 aromatic rings. The summed E-state index contributed by atoms with van der Waals surface area (Å²) < 4.78 is 1.24. The number of anilines is 3. The minimum Gasteiger partial charge on any atom is -0.338 e. The first-order valence-corrected chi connectivity index (χ1v) is 18.6. The smallest absolute Gasteiger partial charge is 0.333 e. The van der Waals surface area contributed by atoms with Crippen LogP contribution in [0.1, 0.15) is 42.8 Å². The fourth-order valence-electron chi connectivity index (χ4n) is 4.81. The molecule has 58 heavy (non-hydrogen) atoms. The lowest BCUT2D eigenvalue weighted by molar-refractivity contribution is 0.249. The van der Waals surface area contributed by atoms with Gasteiger partial charge in [-0.3, -0.25) is 49.9 Å². The van der Waals surface area contributed by atoms with Gasteiger partial charge in [0.05, 0.1) is 0 Å². The lowest BCUT2D eigenvalue weighted by Crippen LogP contribution is -2.34. The fraction of sp³-hybridized carbons (Fsp3) is 0.486. The molecule has 12 N–H and O–H groups in total. The van der Waals surface area contributed by atoms with E-state index in [0.29, 0.717) is 30.2 Å². The molecule has 23 heteroatoms. The van der Waals surface area contributed by atoms with Crippen LogP contribution in [0.2, 0.25) is 0 Å². The van der Waals surface area contributed by atoms with Gasteiger partial charge >= 0.3 is 18.1 Å². The van der Waals surface area contributed by atoms with Crippen molar-refractivity contribution in [3.05, 3.63) is 85.1 Å². The van der Waals surface area contributed by atoms with Gasteiger partial charge in [-0.15, -0.1) is 0 Å². The summed E-state index contributed by atoms with van der Waals surface area (Å²) in [6.07, 6.45) is 7.94. The Balaban J connectivity index is 0.000000366. The molecule has 0 aliphatic heterocycles. The SMILES string of the molecule is CN(CCCN)CCCN.Cc1cc(=O)[nH]c(NC(=O)NCCCN(C)CCCNC(=O)Nc2nc(C)cc(=O)[nH]2)n1.Cc1cc(=O)[nH]c(NC(=O)n2ccnc2)n1. The van der Waals surface area contributed by atoms with Crippen LogP contribution in [0, 0.1) is 20.8 Å². The van der Waals surface area contributed by atoms with Crippen LogP contribution < -0.4 is 54.7 Å². The number of hydrogen-bond donors (Lipinski definition) is 10. The van der Waals surface area contributed by atoms with Crippen molar-refractivity contribution in [3.63, 3.8) is 0 Å². The molecular formula is C35H57N17O6. The Labute approximate surface area is 335 Å². The summed E-state index contributed by atoms with van der Waals surface area (Å²) in [5, 5.41) is 12.8. The second-order valence-corrected chi connectivity index (χ2v) is 13.0. The van der Waals surface area contributed by atoms with Crippen LogP contribution in [-0.2, 0) is 0 Å². The van der Waals surface area contributed by atoms with Gasteiger partial charge < -0.3 is 31.9 Å². The van der Waals surface area contributed by atoms with Gasteiger partial charge in [0.2, 0.25) is 17.8 Å². The van der Waals surface area contributed by atoms with Crippen LogP contribution in [0.5, 0.6) is 0 Å². The number of nitrogens with one attached hydrogen (secondary N) is 8. The minimum absolute atomic E-state index is 0.102. The molecule has 5 amide bonds. The van der Waals surface area contributed by atoms with E-state index in [1.54, 1.807) is 20.8 Å². The second-order valence-electron chi connectivity index (χ2n) is 13.0. The average Bonchev–Trinajstić information content (AvgIpc) is 3.69. The maximum atomic E-state index is 11.9. The van der Waals surface area contributed by atoms with Gasteiger partial charge in [-0.25, -0.2) is 34.3 Å². The molecule has 23 nitrogen and oxygen atoms in total. The molecule has 0 aliphatic rings. The number of aromatic nitrogens is 8. The number of nitrogens with zero attached hydrogens (tertiary/aromatic N) is 7. The quantitative estimate of drug-likeness (QED) is 0.0633. The van der Waals surface area contributed by atoms with E-state index in [0.717, 1.165) is 65.0 Å². The number of urea groups is 2. The van der Waals surface area contributed by atoms with E-state index in [-0.39, 0.29) is 34.5 Å². The van der Waals surface area contributed by atoms with Crippen molar-refractivity contribution in [1.82, 2.24) is 59.9 Å². The van der Waals surface area contributed by atoms with Crippen LogP contribution in [0.4, 0.5) is 32.2 Å². The molecular weight excluding hydrogens is 754 g/mol. The Morgan fingerprint density at radius 3 is 1.36 bits per heavy atom. The van der Waals surface area contributed by atoms with Crippen molar-refractivity contribution in [1.29, 1.82) is 0 Å². The Bertz CT molecular complexity index is 1930. The third-order valence-corrected chi connectivity index (χ3v) is 7.53. The molecule has 0 radical (unpaired) electrons. The number of imidazole rings is 1. The summed E-state index contributed by atoms with van der Waals surface area (Å²) >= 11 is 0. The molecule has 4 heterocycles. The van der Waals surface area contributed by atoms with Crippen LogP contribution in [-0.4, -0.2) is 134 Å². The molecule has 0 unspecified atom stereocenters. The number of hydrogen-bond acceptors (Lipinski definition) is 14. The Morgan fingerprint density at radius 1 is 0.638 bits per heavy atom. The Kier molecular flexibility index (Phi) is 21.9. The molecule has 0 saturated carbocycles. The zero-order chi connectivity index (χ0) is 42.9. The predicted molar refractivity (Wildman–Crippen MR) is 221 cm³/mol. The van der Waals surface area contributed by atoms with Crippen molar-refractivity contribution in [2.75, 3.05) is 82.4 Å². The predicted octanol–water partition coefficient (Wildman–Crippen LogP) is 0.0961. The van der Waals surface area contributed by atoms with Gasteiger partial charge in [0, 0.05) is 60.8 Å². The van der Waals surface area contributed by atoms with E-state index >= 15 is 0 Å². The summed E-state index contributed by atoms with van der Waals surface area (Å²) in [5.74, 6) is 0.320. The molecule has 0 aliphatic carbocycles. The number of nitrogens with two attached hydrogens (primary N) is 2. The number of carbonyl (C=O) groups is 3. The zero-order valence-electron chi connectivity index (χ0n) is 33.7. The third kappa shape index (κ3) is 21.1. The van der Waals surface area contributed by atoms with Gasteiger partial charge in [-0.1, -0.05) is 0 Å². The topological polar surface area (TPSA) is 325 Å². The van der Waals surface area contributed by atoms with Crippen molar-refractivity contribution < 1.29 is 14.4 Å². The molecule has 4 aromatic heterocycles. The van der Waals surface area contributed by atoms with Gasteiger partial charge in [-0.05, 0) is 99.8 Å². The number of aromatic amines is 3. The van der Waals surface area contributed by atoms with Gasteiger partial charge in [-0.2, -0.15) is 0 Å². The summed E-state index contributed by atoms with van der Waals surface area (Å²) in [5.41, 5.74) is 11.3. The molecule has 0 atom stereocenters. The maximum Gasteiger partial charge on any atom is 0.333 e. The highest BCUT2D eigenvalue weighted by molar-refractivity contribution is 5.89. The van der Waals surface area contributed by atoms with Crippen molar-refractivity contribution >= 4 is 35.9 Å². The van der Waals surface area contributed by atoms with Crippen LogP contribution >= 0.6 is 0 Å². The first-order valence-electron chi connectivity index (χ1n) is 18.6. The Hall–Kier alpha value is -6.30. The van der Waals surface area contributed by atoms with Crippen LogP contribution in [0.15, 0.2) is 51.3 Å². The Morgan fingerprint density at radius 2 is 1.02 bits per heavy atom. The van der Waals surface area contributed by atoms with Gasteiger partial charge in [0.15, 0.2) is 0 Å². The highest BCUT2D eigenvalue weighted by Gasteiger charge is 2.08. The van der Waals surface area contributed by atoms with Gasteiger partial charge in [0.25, 0.3) is 16.7 Å². The molecule has 0 saturated heterocycles. The summed E-state index contributed by atoms with van der Waals surface area (Å²) in [6, 6.07) is 2.69. The van der Waals surface area contributed by atoms with E-state index in [4.69, 9.17) is 11.5 Å². The number of aryl methyl sites for hydroxylation is 3. The number of amides is 5. The molecule has 0 aromatic carbocycles. The number of carbonyl (C=O) groups excluding carboxylic acids is 3. The van der Waals surface area contributed by atoms with E-state index in [9.17, 15) is 28.8 Å². The fourth-order valence-corrected chi connectivity index (χ4v) is 4.81. The summed E-state index contributed by atoms with van der Waals surface area (Å²) in [6.45, 7) is 11.2. The minimum atomic E-state index is -0.443. The third-order valence-electron chi connectivity index (χ3n) is 7.53. The number of H-pyrrole nitrogens is 3. The van der Waals surface area contributed by atoms with Crippen LogP contribution in [0.3, 0.4) is 0 Å². The normalized spacial score (nSPS) is 10.5. The molecule has 4 rings (SSSR count). The van der Waals surface area contributed by atoms with Crippen molar-refractivity contribution in [2.45, 2.75) is 46.5 Å². The van der Waals surface area contributed by atoms with E-state index in [1.165, 1.54) is 41.5 Å². The van der Waals surface area contributed by atoms with E-state index < -0.39 is 18.1 Å². The monoisotopic (exact) mass is 811 g/mol. The average molecular weight is 812 g/mol. The number of rotatable bonds is 17. The highest BCUT2D eigenvalue weighted by atomic mass is 16.2. The van der Waals surface area contributed by atoms with Gasteiger partial charge in [0.1, 0.15) is 6.33 Å². The summed E-state index contributed by atoms with van der Waals surface area (Å²) in [4.78, 5) is 96.5. The molecule has 318 valence electrons. The molecule has 0 fully saturated rings.